The lowest BCUT2D eigenvalue weighted by atomic mass is 9.80. The smallest absolute Gasteiger partial charge is 0.0948 e. The maximum absolute atomic E-state index is 6.44. The second-order valence-corrected chi connectivity index (χ2v) is 6.64. The highest BCUT2D eigenvalue weighted by Crippen LogP contribution is 2.32. The van der Waals surface area contributed by atoms with Crippen LogP contribution in [0, 0.1) is 17.8 Å². The van der Waals surface area contributed by atoms with E-state index in [2.05, 4.69) is 16.5 Å². The summed E-state index contributed by atoms with van der Waals surface area (Å²) in [5.41, 5.74) is 7.64. The molecule has 2 N–H and O–H groups in total. The highest BCUT2D eigenvalue weighted by atomic mass is 16.5. The van der Waals surface area contributed by atoms with Gasteiger partial charge in [0, 0.05) is 25.3 Å². The second kappa shape index (κ2) is 6.27. The number of rotatable bonds is 4. The molecule has 2 fully saturated rings. The molecule has 1 aromatic rings. The van der Waals surface area contributed by atoms with E-state index < -0.39 is 0 Å². The van der Waals surface area contributed by atoms with E-state index in [9.17, 15) is 0 Å². The summed E-state index contributed by atoms with van der Waals surface area (Å²) in [6.45, 7) is 5.13. The molecular weight excluding hydrogens is 250 g/mol. The molecule has 2 aliphatic rings. The van der Waals surface area contributed by atoms with Crippen molar-refractivity contribution in [2.75, 3.05) is 13.2 Å². The summed E-state index contributed by atoms with van der Waals surface area (Å²) in [4.78, 5) is 4.35. The Morgan fingerprint density at radius 2 is 2.25 bits per heavy atom. The van der Waals surface area contributed by atoms with E-state index in [4.69, 9.17) is 10.5 Å². The summed E-state index contributed by atoms with van der Waals surface area (Å²) in [7, 11) is 0. The first-order valence-corrected chi connectivity index (χ1v) is 8.09. The summed E-state index contributed by atoms with van der Waals surface area (Å²) in [6, 6.07) is 0.0684. The fourth-order valence-electron chi connectivity index (χ4n) is 3.76. The van der Waals surface area contributed by atoms with Crippen LogP contribution in [0.5, 0.6) is 0 Å². The van der Waals surface area contributed by atoms with Crippen LogP contribution in [0.4, 0.5) is 0 Å². The van der Waals surface area contributed by atoms with Crippen LogP contribution < -0.4 is 5.73 Å². The van der Waals surface area contributed by atoms with E-state index in [-0.39, 0.29) is 6.04 Å². The quantitative estimate of drug-likeness (QED) is 0.920. The molecule has 0 bridgehead atoms. The summed E-state index contributed by atoms with van der Waals surface area (Å²) in [5, 5.41) is 0. The van der Waals surface area contributed by atoms with Crippen molar-refractivity contribution < 1.29 is 4.74 Å². The van der Waals surface area contributed by atoms with Crippen molar-refractivity contribution in [3.63, 3.8) is 0 Å². The van der Waals surface area contributed by atoms with Crippen molar-refractivity contribution in [1.29, 1.82) is 0 Å². The zero-order chi connectivity index (χ0) is 13.9. The lowest BCUT2D eigenvalue weighted by Crippen LogP contribution is -2.27. The topological polar surface area (TPSA) is 53.1 Å². The van der Waals surface area contributed by atoms with Crippen molar-refractivity contribution in [2.24, 2.45) is 23.5 Å². The first kappa shape index (κ1) is 14.1. The van der Waals surface area contributed by atoms with Gasteiger partial charge in [-0.15, -0.1) is 0 Å². The fourth-order valence-corrected chi connectivity index (χ4v) is 3.76. The lowest BCUT2D eigenvalue weighted by Gasteiger charge is -2.30. The lowest BCUT2D eigenvalue weighted by molar-refractivity contribution is 0.179. The Morgan fingerprint density at radius 3 is 3.00 bits per heavy atom. The van der Waals surface area contributed by atoms with E-state index in [1.54, 1.807) is 0 Å². The van der Waals surface area contributed by atoms with Gasteiger partial charge in [0.05, 0.1) is 24.7 Å². The van der Waals surface area contributed by atoms with Crippen LogP contribution in [0.1, 0.15) is 50.8 Å². The molecule has 1 saturated carbocycles. The number of hydrogen-bond donors (Lipinski definition) is 1. The Hall–Kier alpha value is -0.870. The number of nitrogens with two attached hydrogens (primary N) is 1. The third-order valence-electron chi connectivity index (χ3n) is 5.28. The zero-order valence-corrected chi connectivity index (χ0v) is 12.5. The zero-order valence-electron chi connectivity index (χ0n) is 12.5. The summed E-state index contributed by atoms with van der Waals surface area (Å²) in [6.07, 6.45) is 10.5. The first-order chi connectivity index (χ1) is 9.75. The molecule has 1 aliphatic heterocycles. The van der Waals surface area contributed by atoms with Gasteiger partial charge in [0.1, 0.15) is 0 Å². The Morgan fingerprint density at radius 1 is 1.40 bits per heavy atom. The number of ether oxygens (including phenoxy) is 1. The van der Waals surface area contributed by atoms with Gasteiger partial charge in [0.25, 0.3) is 0 Å². The van der Waals surface area contributed by atoms with Gasteiger partial charge < -0.3 is 15.0 Å². The largest absolute Gasteiger partial charge is 0.381 e. The number of imidazole rings is 1. The third-order valence-corrected chi connectivity index (χ3v) is 5.28. The maximum atomic E-state index is 6.44. The van der Waals surface area contributed by atoms with E-state index in [0.717, 1.165) is 38.0 Å². The van der Waals surface area contributed by atoms with Gasteiger partial charge >= 0.3 is 0 Å². The molecule has 4 unspecified atom stereocenters. The Kier molecular flexibility index (Phi) is 4.41. The standard InChI is InChI=1S/C16H27N3O/c1-12-4-2-3-5-13(12)9-19-11-18-8-15(19)16(17)14-6-7-20-10-14/h8,11-14,16H,2-7,9-10,17H2,1H3. The van der Waals surface area contributed by atoms with Gasteiger partial charge in [-0.25, -0.2) is 4.98 Å². The molecule has 20 heavy (non-hydrogen) atoms. The van der Waals surface area contributed by atoms with Gasteiger partial charge in [0.2, 0.25) is 0 Å². The minimum Gasteiger partial charge on any atom is -0.381 e. The average Bonchev–Trinajstić information content (AvgIpc) is 3.11. The summed E-state index contributed by atoms with van der Waals surface area (Å²) in [5.74, 6) is 2.06. The Bertz CT molecular complexity index is 425. The van der Waals surface area contributed by atoms with Crippen LogP contribution in [0.2, 0.25) is 0 Å². The second-order valence-electron chi connectivity index (χ2n) is 6.64. The van der Waals surface area contributed by atoms with Crippen molar-refractivity contribution in [3.8, 4) is 0 Å². The molecule has 3 rings (SSSR count). The maximum Gasteiger partial charge on any atom is 0.0948 e. The highest BCUT2D eigenvalue weighted by molar-refractivity contribution is 5.07. The predicted molar refractivity (Wildman–Crippen MR) is 79.2 cm³/mol. The minimum atomic E-state index is 0.0684. The van der Waals surface area contributed by atoms with Crippen molar-refractivity contribution >= 4 is 0 Å². The van der Waals surface area contributed by atoms with Crippen LogP contribution in [0.3, 0.4) is 0 Å². The molecule has 4 atom stereocenters. The van der Waals surface area contributed by atoms with Gasteiger partial charge in [-0.3, -0.25) is 0 Å². The Balaban J connectivity index is 1.69. The SMILES string of the molecule is CC1CCCCC1Cn1cncc1C(N)C1CCOC1. The molecule has 0 spiro atoms. The van der Waals surface area contributed by atoms with Gasteiger partial charge in [0.15, 0.2) is 0 Å². The van der Waals surface area contributed by atoms with Gasteiger partial charge in [-0.1, -0.05) is 26.2 Å². The molecular formula is C16H27N3O. The normalized spacial score (nSPS) is 32.4. The van der Waals surface area contributed by atoms with Crippen LogP contribution in [-0.2, 0) is 11.3 Å². The van der Waals surface area contributed by atoms with E-state index >= 15 is 0 Å². The molecule has 1 saturated heterocycles. The molecule has 0 amide bonds. The van der Waals surface area contributed by atoms with E-state index in [0.29, 0.717) is 5.92 Å². The van der Waals surface area contributed by atoms with Crippen LogP contribution in [0.25, 0.3) is 0 Å². The Labute approximate surface area is 121 Å². The molecule has 2 heterocycles. The van der Waals surface area contributed by atoms with Gasteiger partial charge in [-0.2, -0.15) is 0 Å². The third kappa shape index (κ3) is 2.91. The number of hydrogen-bond acceptors (Lipinski definition) is 3. The first-order valence-electron chi connectivity index (χ1n) is 8.09. The number of aromatic nitrogens is 2. The summed E-state index contributed by atoms with van der Waals surface area (Å²) >= 11 is 0. The van der Waals surface area contributed by atoms with E-state index in [1.807, 2.05) is 12.5 Å². The van der Waals surface area contributed by atoms with Crippen LogP contribution >= 0.6 is 0 Å². The fraction of sp³-hybridized carbons (Fsp3) is 0.812. The molecule has 0 radical (unpaired) electrons. The average molecular weight is 277 g/mol. The molecule has 1 aliphatic carbocycles. The summed E-state index contributed by atoms with van der Waals surface area (Å²) < 4.78 is 7.77. The molecule has 0 aromatic carbocycles. The van der Waals surface area contributed by atoms with Crippen LogP contribution in [0.15, 0.2) is 12.5 Å². The van der Waals surface area contributed by atoms with Crippen LogP contribution in [-0.4, -0.2) is 22.8 Å². The molecule has 4 nitrogen and oxygen atoms in total. The van der Waals surface area contributed by atoms with E-state index in [1.165, 1.54) is 31.4 Å². The monoisotopic (exact) mass is 277 g/mol. The van der Waals surface area contributed by atoms with Crippen molar-refractivity contribution in [1.82, 2.24) is 9.55 Å². The number of nitrogens with zero attached hydrogens (tertiary/aromatic N) is 2. The molecule has 4 heteroatoms. The van der Waals surface area contributed by atoms with Crippen molar-refractivity contribution in [2.45, 2.75) is 51.6 Å². The highest BCUT2D eigenvalue weighted by Gasteiger charge is 2.28. The predicted octanol–water partition coefficient (Wildman–Crippen LogP) is 2.75. The minimum absolute atomic E-state index is 0.0684. The van der Waals surface area contributed by atoms with Crippen molar-refractivity contribution in [3.05, 3.63) is 18.2 Å². The molecule has 112 valence electrons. The molecule has 1 aromatic heterocycles. The van der Waals surface area contributed by atoms with Gasteiger partial charge in [-0.05, 0) is 24.7 Å².